The lowest BCUT2D eigenvalue weighted by atomic mass is 9.37. The molecule has 0 spiro atoms. The molecule has 0 saturated carbocycles. The molecule has 64 heavy (non-hydrogen) atoms. The molecule has 8 aromatic rings. The Morgan fingerprint density at radius 3 is 0.781 bits per heavy atom. The minimum absolute atomic E-state index is 0.0279. The molecule has 0 radical (unpaired) electrons. The molecule has 10 rings (SSSR count). The Hall–Kier alpha value is -5.47. The van der Waals surface area contributed by atoms with Gasteiger partial charge in [-0.05, 0) is 99.8 Å². The summed E-state index contributed by atoms with van der Waals surface area (Å²) in [6.07, 6.45) is 0. The van der Waals surface area contributed by atoms with Crippen LogP contribution in [-0.4, -0.2) is 41.6 Å². The zero-order valence-corrected chi connectivity index (χ0v) is 41.4. The summed E-state index contributed by atoms with van der Waals surface area (Å²) >= 11 is 0. The maximum absolute atomic E-state index is 2.54. The summed E-state index contributed by atoms with van der Waals surface area (Å²) in [6, 6.07) is 44.2. The third-order valence-electron chi connectivity index (χ3n) is 15.0. The van der Waals surface area contributed by atoms with Gasteiger partial charge in [-0.1, -0.05) is 213 Å². The molecule has 0 saturated heterocycles. The Bertz CT molecular complexity index is 2870. The summed E-state index contributed by atoms with van der Waals surface area (Å²) in [5.41, 5.74) is 22.1. The van der Waals surface area contributed by atoms with Gasteiger partial charge in [-0.15, -0.1) is 0 Å². The van der Waals surface area contributed by atoms with E-state index in [0.29, 0.717) is 0 Å². The zero-order chi connectivity index (χ0) is 45.7. The van der Waals surface area contributed by atoms with Crippen molar-refractivity contribution in [2.45, 2.75) is 105 Å². The van der Waals surface area contributed by atoms with E-state index < -0.39 is 0 Å². The van der Waals surface area contributed by atoms with Crippen molar-refractivity contribution in [3.05, 3.63) is 131 Å². The van der Waals surface area contributed by atoms with E-state index in [0.717, 1.165) is 0 Å². The van der Waals surface area contributed by atoms with E-state index in [1.54, 1.807) is 0 Å². The fraction of sp³-hybridized carbons (Fsp3) is 0.333. The molecule has 0 unspecified atom stereocenters. The van der Waals surface area contributed by atoms with Gasteiger partial charge in [0.25, 0.3) is 0 Å². The van der Waals surface area contributed by atoms with Gasteiger partial charge in [0.15, 0.2) is 0 Å². The van der Waals surface area contributed by atoms with E-state index in [4.69, 9.17) is 0 Å². The summed E-state index contributed by atoms with van der Waals surface area (Å²) < 4.78 is 0. The van der Waals surface area contributed by atoms with Crippen LogP contribution in [0.4, 0.5) is 11.4 Å². The van der Waals surface area contributed by atoms with Crippen LogP contribution in [0.1, 0.15) is 105 Å². The molecule has 8 aromatic carbocycles. The van der Waals surface area contributed by atoms with Crippen molar-refractivity contribution >= 4 is 89.9 Å². The summed E-state index contributed by atoms with van der Waals surface area (Å²) in [4.78, 5) is 4.70. The monoisotopic (exact) mass is 837 g/mol. The SMILES string of the molecule is CN(C)c1cc(B2c3cc(C(C)(C)C)ccc3-c3ccc(C(C)(C)C)cc32)c2ccc3c(N(C)C)cc(B4c5cc(C(C)(C)C)ccc5-c5ccc(C(C)(C)C)cc54)c4ccc1c2c43. The maximum Gasteiger partial charge on any atom is 0.243 e. The molecule has 0 atom stereocenters. The van der Waals surface area contributed by atoms with Crippen LogP contribution in [0, 0.1) is 0 Å². The molecule has 2 aliphatic heterocycles. The lowest BCUT2D eigenvalue weighted by molar-refractivity contribution is 0.590. The largest absolute Gasteiger partial charge is 0.377 e. The molecule has 4 heteroatoms. The van der Waals surface area contributed by atoms with Crippen molar-refractivity contribution in [3.63, 3.8) is 0 Å². The second kappa shape index (κ2) is 14.0. The molecule has 0 fully saturated rings. The van der Waals surface area contributed by atoms with Crippen molar-refractivity contribution in [2.75, 3.05) is 38.0 Å². The summed E-state index contributed by atoms with van der Waals surface area (Å²) in [6.45, 7) is 28.3. The average Bonchev–Trinajstić information content (AvgIpc) is 3.72. The van der Waals surface area contributed by atoms with Crippen molar-refractivity contribution in [1.29, 1.82) is 0 Å². The van der Waals surface area contributed by atoms with E-state index in [1.165, 1.54) is 121 Å². The fourth-order valence-electron chi connectivity index (χ4n) is 11.3. The molecule has 0 aliphatic carbocycles. The van der Waals surface area contributed by atoms with Crippen LogP contribution in [0.3, 0.4) is 0 Å². The number of hydrogen-bond donors (Lipinski definition) is 0. The molecule has 0 bridgehead atoms. The van der Waals surface area contributed by atoms with E-state index in [-0.39, 0.29) is 35.1 Å². The molecular formula is C60H66B2N2. The Labute approximate surface area is 384 Å². The third-order valence-corrected chi connectivity index (χ3v) is 15.0. The van der Waals surface area contributed by atoms with E-state index in [9.17, 15) is 0 Å². The number of anilines is 2. The summed E-state index contributed by atoms with van der Waals surface area (Å²) in [5, 5.41) is 8.08. The van der Waals surface area contributed by atoms with Crippen molar-refractivity contribution in [3.8, 4) is 22.3 Å². The van der Waals surface area contributed by atoms with Gasteiger partial charge in [-0.25, -0.2) is 0 Å². The van der Waals surface area contributed by atoms with Gasteiger partial charge in [0.05, 0.1) is 0 Å². The summed E-state index contributed by atoms with van der Waals surface area (Å²) in [5.74, 6) is 0. The van der Waals surface area contributed by atoms with Crippen LogP contribution in [0.15, 0.2) is 109 Å². The van der Waals surface area contributed by atoms with Gasteiger partial charge in [-0.3, -0.25) is 0 Å². The topological polar surface area (TPSA) is 6.48 Å². The summed E-state index contributed by atoms with van der Waals surface area (Å²) in [7, 11) is 8.91. The predicted octanol–water partition coefficient (Wildman–Crippen LogP) is 10.9. The van der Waals surface area contributed by atoms with Crippen LogP contribution in [-0.2, 0) is 21.7 Å². The van der Waals surface area contributed by atoms with Crippen LogP contribution < -0.4 is 42.6 Å². The van der Waals surface area contributed by atoms with Gasteiger partial charge in [0.2, 0.25) is 13.4 Å². The third kappa shape index (κ3) is 6.44. The molecular weight excluding hydrogens is 770 g/mol. The first-order chi connectivity index (χ1) is 29.9. The Morgan fingerprint density at radius 2 is 0.547 bits per heavy atom. The maximum atomic E-state index is 2.54. The second-order valence-electron chi connectivity index (χ2n) is 23.9. The zero-order valence-electron chi connectivity index (χ0n) is 41.4. The van der Waals surface area contributed by atoms with Crippen molar-refractivity contribution in [2.24, 2.45) is 0 Å². The number of rotatable bonds is 4. The Kier molecular flexibility index (Phi) is 9.30. The Balaban J connectivity index is 1.33. The van der Waals surface area contributed by atoms with Crippen molar-refractivity contribution in [1.82, 2.24) is 0 Å². The number of fused-ring (bicyclic) bond motifs is 6. The van der Waals surface area contributed by atoms with Crippen molar-refractivity contribution < 1.29 is 0 Å². The van der Waals surface area contributed by atoms with Gasteiger partial charge in [0, 0.05) is 50.3 Å². The minimum Gasteiger partial charge on any atom is -0.377 e. The predicted molar refractivity (Wildman–Crippen MR) is 287 cm³/mol. The van der Waals surface area contributed by atoms with Crippen LogP contribution >= 0.6 is 0 Å². The Morgan fingerprint density at radius 1 is 0.297 bits per heavy atom. The van der Waals surface area contributed by atoms with Gasteiger partial charge in [0.1, 0.15) is 0 Å². The van der Waals surface area contributed by atoms with E-state index in [1.807, 2.05) is 0 Å². The van der Waals surface area contributed by atoms with Crippen LogP contribution in [0.2, 0.25) is 0 Å². The first kappa shape index (κ1) is 42.5. The standard InChI is InChI=1S/C60H66B2N2/c1-57(2,3)35-17-21-39-40-22-18-36(58(4,5)6)30-48(40)61(47(39)29-35)51-33-53(63(13)14)45-28-26-44-52(34-54(64(15)16)46-27-25-43(51)55(45)56(44)46)62-49-31-37(59(7,8)9)19-23-41(49)42-24-20-38(32-50(42)62)60(10,11)12/h17-34H,1-16H3. The number of nitrogens with zero attached hydrogens (tertiary/aromatic N) is 2. The van der Waals surface area contributed by atoms with Crippen LogP contribution in [0.25, 0.3) is 54.6 Å². The van der Waals surface area contributed by atoms with Gasteiger partial charge >= 0.3 is 0 Å². The first-order valence-electron chi connectivity index (χ1n) is 23.6. The molecule has 0 aromatic heterocycles. The molecule has 0 amide bonds. The minimum atomic E-state index is 0.0279. The number of hydrogen-bond acceptors (Lipinski definition) is 2. The lowest BCUT2D eigenvalue weighted by Crippen LogP contribution is -2.50. The molecule has 2 heterocycles. The quantitative estimate of drug-likeness (QED) is 0.129. The normalized spacial score (nSPS) is 13.9. The highest BCUT2D eigenvalue weighted by atomic mass is 15.1. The van der Waals surface area contributed by atoms with Crippen LogP contribution in [0.5, 0.6) is 0 Å². The highest BCUT2D eigenvalue weighted by Gasteiger charge is 2.40. The molecule has 322 valence electrons. The van der Waals surface area contributed by atoms with E-state index in [2.05, 4.69) is 230 Å². The fourth-order valence-corrected chi connectivity index (χ4v) is 11.3. The molecule has 0 N–H and O–H groups in total. The molecule has 2 aliphatic rings. The van der Waals surface area contributed by atoms with Gasteiger partial charge in [-0.2, -0.15) is 0 Å². The highest BCUT2D eigenvalue weighted by Crippen LogP contribution is 2.43. The lowest BCUT2D eigenvalue weighted by Gasteiger charge is -2.28. The smallest absolute Gasteiger partial charge is 0.243 e. The molecule has 2 nitrogen and oxygen atoms in total. The van der Waals surface area contributed by atoms with Gasteiger partial charge < -0.3 is 9.80 Å². The average molecular weight is 837 g/mol. The van der Waals surface area contributed by atoms with E-state index >= 15 is 0 Å². The highest BCUT2D eigenvalue weighted by molar-refractivity contribution is 7.01. The second-order valence-corrected chi connectivity index (χ2v) is 23.9. The number of benzene rings is 8. The first-order valence-corrected chi connectivity index (χ1v) is 23.6.